The van der Waals surface area contributed by atoms with Crippen molar-refractivity contribution in [1.82, 2.24) is 10.2 Å². The van der Waals surface area contributed by atoms with Gasteiger partial charge in [-0.1, -0.05) is 0 Å². The van der Waals surface area contributed by atoms with Gasteiger partial charge in [0.15, 0.2) is 0 Å². The summed E-state index contributed by atoms with van der Waals surface area (Å²) in [5, 5.41) is 18.6. The first-order valence-corrected chi connectivity index (χ1v) is 4.16. The van der Waals surface area contributed by atoms with Crippen LogP contribution in [0.4, 0.5) is 0 Å². The minimum absolute atomic E-state index is 0.0417. The van der Waals surface area contributed by atoms with Crippen LogP contribution in [0.3, 0.4) is 0 Å². The zero-order valence-corrected chi connectivity index (χ0v) is 8.58. The van der Waals surface area contributed by atoms with Gasteiger partial charge in [0.2, 0.25) is 0 Å². The van der Waals surface area contributed by atoms with E-state index in [4.69, 9.17) is 10.2 Å². The van der Waals surface area contributed by atoms with Crippen LogP contribution in [0.5, 0.6) is 0 Å². The number of aliphatic carboxylic acids is 1. The van der Waals surface area contributed by atoms with Crippen molar-refractivity contribution in [3.05, 3.63) is 0 Å². The van der Waals surface area contributed by atoms with Gasteiger partial charge in [-0.15, -0.1) is 0 Å². The molecular formula is C8H20N2O3. The minimum Gasteiger partial charge on any atom is -0.480 e. The molecule has 13 heavy (non-hydrogen) atoms. The second-order valence-electron chi connectivity index (χ2n) is 2.80. The standard InChI is InChI=1S/C5H13NO.C3H7NO2/c1-6(2)4-3-5-7;1-4-2-3(5)6/h7H,3-5H2,1-2H3;4H,2H2,1H3,(H,5,6). The van der Waals surface area contributed by atoms with Crippen LogP contribution in [0, 0.1) is 0 Å². The quantitative estimate of drug-likeness (QED) is 0.533. The van der Waals surface area contributed by atoms with Gasteiger partial charge < -0.3 is 20.4 Å². The zero-order chi connectivity index (χ0) is 10.7. The van der Waals surface area contributed by atoms with E-state index in [0.29, 0.717) is 6.61 Å². The predicted octanol–water partition coefficient (Wildman–Crippen LogP) is -0.779. The van der Waals surface area contributed by atoms with Gasteiger partial charge in [0.05, 0.1) is 6.54 Å². The van der Waals surface area contributed by atoms with E-state index in [1.165, 1.54) is 0 Å². The largest absolute Gasteiger partial charge is 0.480 e. The average molecular weight is 192 g/mol. The molecule has 5 nitrogen and oxygen atoms in total. The van der Waals surface area contributed by atoms with Crippen LogP contribution in [0.1, 0.15) is 6.42 Å². The van der Waals surface area contributed by atoms with Gasteiger partial charge in [-0.25, -0.2) is 0 Å². The normalized spacial score (nSPS) is 9.31. The van der Waals surface area contributed by atoms with Crippen LogP contribution >= 0.6 is 0 Å². The van der Waals surface area contributed by atoms with Crippen LogP contribution in [0.15, 0.2) is 0 Å². The van der Waals surface area contributed by atoms with Crippen molar-refractivity contribution in [3.63, 3.8) is 0 Å². The Morgan fingerprint density at radius 2 is 2.00 bits per heavy atom. The van der Waals surface area contributed by atoms with E-state index in [1.807, 2.05) is 14.1 Å². The van der Waals surface area contributed by atoms with Crippen molar-refractivity contribution in [2.24, 2.45) is 0 Å². The highest BCUT2D eigenvalue weighted by atomic mass is 16.4. The Hall–Kier alpha value is -0.650. The molecule has 0 fully saturated rings. The fourth-order valence-corrected chi connectivity index (χ4v) is 0.538. The number of aliphatic hydroxyl groups is 1. The molecule has 5 heteroatoms. The molecule has 0 rings (SSSR count). The molecule has 0 aliphatic rings. The van der Waals surface area contributed by atoms with Crippen LogP contribution in [0.25, 0.3) is 0 Å². The summed E-state index contributed by atoms with van der Waals surface area (Å²) in [4.78, 5) is 11.6. The highest BCUT2D eigenvalue weighted by Crippen LogP contribution is 1.77. The molecule has 0 unspecified atom stereocenters. The lowest BCUT2D eigenvalue weighted by atomic mass is 10.4. The number of hydrogen-bond acceptors (Lipinski definition) is 4. The number of carbonyl (C=O) groups is 1. The summed E-state index contributed by atoms with van der Waals surface area (Å²) in [6.45, 7) is 1.33. The molecule has 0 aromatic carbocycles. The maximum Gasteiger partial charge on any atom is 0.317 e. The number of carboxylic acid groups (broad SMARTS) is 1. The highest BCUT2D eigenvalue weighted by molar-refractivity contribution is 5.68. The predicted molar refractivity (Wildman–Crippen MR) is 51.8 cm³/mol. The molecule has 0 atom stereocenters. The van der Waals surface area contributed by atoms with E-state index in [0.717, 1.165) is 13.0 Å². The van der Waals surface area contributed by atoms with Crippen LogP contribution < -0.4 is 5.32 Å². The molecule has 0 aromatic rings. The molecule has 0 saturated carbocycles. The molecule has 0 aliphatic carbocycles. The monoisotopic (exact) mass is 192 g/mol. The van der Waals surface area contributed by atoms with Crippen molar-refractivity contribution >= 4 is 5.97 Å². The lowest BCUT2D eigenvalue weighted by Gasteiger charge is -2.05. The lowest BCUT2D eigenvalue weighted by Crippen LogP contribution is -2.16. The third-order valence-electron chi connectivity index (χ3n) is 1.09. The van der Waals surface area contributed by atoms with E-state index in [2.05, 4.69) is 10.2 Å². The number of nitrogens with one attached hydrogen (secondary N) is 1. The van der Waals surface area contributed by atoms with Gasteiger partial charge in [0.1, 0.15) is 0 Å². The average Bonchev–Trinajstić information content (AvgIpc) is 2.01. The van der Waals surface area contributed by atoms with Gasteiger partial charge in [0, 0.05) is 6.61 Å². The Morgan fingerprint density at radius 1 is 1.46 bits per heavy atom. The van der Waals surface area contributed by atoms with Crippen molar-refractivity contribution in [2.45, 2.75) is 6.42 Å². The van der Waals surface area contributed by atoms with Gasteiger partial charge in [-0.2, -0.15) is 0 Å². The number of nitrogens with zero attached hydrogens (tertiary/aromatic N) is 1. The maximum atomic E-state index is 9.54. The summed E-state index contributed by atoms with van der Waals surface area (Å²) in [6.07, 6.45) is 0.882. The van der Waals surface area contributed by atoms with Gasteiger partial charge in [-0.3, -0.25) is 4.79 Å². The number of likely N-dealkylation sites (N-methyl/N-ethyl adjacent to an activating group) is 1. The first kappa shape index (κ1) is 14.9. The third kappa shape index (κ3) is 24.6. The van der Waals surface area contributed by atoms with Crippen LogP contribution in [0.2, 0.25) is 0 Å². The maximum absolute atomic E-state index is 9.54. The summed E-state index contributed by atoms with van der Waals surface area (Å²) < 4.78 is 0. The summed E-state index contributed by atoms with van der Waals surface area (Å²) >= 11 is 0. The second kappa shape index (κ2) is 11.4. The van der Waals surface area contributed by atoms with Crippen molar-refractivity contribution in [1.29, 1.82) is 0 Å². The van der Waals surface area contributed by atoms with E-state index >= 15 is 0 Å². The molecule has 0 saturated heterocycles. The Kier molecular flexibility index (Phi) is 13.0. The molecule has 0 aromatic heterocycles. The summed E-state index contributed by atoms with van der Waals surface area (Å²) in [5.41, 5.74) is 0. The molecule has 0 radical (unpaired) electrons. The number of rotatable bonds is 5. The van der Waals surface area contributed by atoms with Crippen molar-refractivity contribution < 1.29 is 15.0 Å². The Labute approximate surface area is 79.4 Å². The first-order chi connectivity index (χ1) is 6.04. The highest BCUT2D eigenvalue weighted by Gasteiger charge is 1.86. The smallest absolute Gasteiger partial charge is 0.317 e. The molecule has 80 valence electrons. The Balaban J connectivity index is 0. The molecule has 3 N–H and O–H groups in total. The van der Waals surface area contributed by atoms with Crippen molar-refractivity contribution in [2.75, 3.05) is 40.8 Å². The van der Waals surface area contributed by atoms with E-state index in [1.54, 1.807) is 7.05 Å². The number of aliphatic hydroxyl groups excluding tert-OH is 1. The first-order valence-electron chi connectivity index (χ1n) is 4.16. The number of carboxylic acids is 1. The molecule has 0 heterocycles. The topological polar surface area (TPSA) is 72.8 Å². The molecule has 0 amide bonds. The summed E-state index contributed by atoms with van der Waals surface area (Å²) in [6, 6.07) is 0. The van der Waals surface area contributed by atoms with Crippen LogP contribution in [-0.2, 0) is 4.79 Å². The fourth-order valence-electron chi connectivity index (χ4n) is 0.538. The van der Waals surface area contributed by atoms with E-state index in [9.17, 15) is 4.79 Å². The summed E-state index contributed by atoms with van der Waals surface area (Å²) in [7, 11) is 5.58. The van der Waals surface area contributed by atoms with Crippen LogP contribution in [-0.4, -0.2) is 61.9 Å². The second-order valence-corrected chi connectivity index (χ2v) is 2.80. The molecular weight excluding hydrogens is 172 g/mol. The molecule has 0 spiro atoms. The van der Waals surface area contributed by atoms with Gasteiger partial charge in [0.25, 0.3) is 0 Å². The lowest BCUT2D eigenvalue weighted by molar-refractivity contribution is -0.135. The molecule has 0 bridgehead atoms. The Morgan fingerprint density at radius 3 is 2.08 bits per heavy atom. The zero-order valence-electron chi connectivity index (χ0n) is 8.58. The third-order valence-corrected chi connectivity index (χ3v) is 1.09. The fraction of sp³-hybridized carbons (Fsp3) is 0.875. The van der Waals surface area contributed by atoms with Gasteiger partial charge in [-0.05, 0) is 34.1 Å². The van der Waals surface area contributed by atoms with E-state index in [-0.39, 0.29) is 6.54 Å². The van der Waals surface area contributed by atoms with E-state index < -0.39 is 5.97 Å². The van der Waals surface area contributed by atoms with Crippen molar-refractivity contribution in [3.8, 4) is 0 Å². The summed E-state index contributed by atoms with van der Waals surface area (Å²) in [5.74, 6) is -0.822. The minimum atomic E-state index is -0.822. The molecule has 0 aliphatic heterocycles. The van der Waals surface area contributed by atoms with Gasteiger partial charge >= 0.3 is 5.97 Å². The number of hydrogen-bond donors (Lipinski definition) is 3. The Bertz CT molecular complexity index is 118. The SMILES string of the molecule is CN(C)CCCO.CNCC(=O)O.